The first-order chi connectivity index (χ1) is 9.31. The first-order valence-electron chi connectivity index (χ1n) is 8.03. The van der Waals surface area contributed by atoms with Gasteiger partial charge in [0.1, 0.15) is 5.60 Å². The molecule has 1 amide bonds. The van der Waals surface area contributed by atoms with Crippen LogP contribution >= 0.6 is 0 Å². The van der Waals surface area contributed by atoms with Crippen molar-refractivity contribution in [3.63, 3.8) is 0 Å². The minimum atomic E-state index is -0.377. The number of piperidine rings is 1. The van der Waals surface area contributed by atoms with Gasteiger partial charge in [-0.05, 0) is 58.9 Å². The van der Waals surface area contributed by atoms with Crippen molar-refractivity contribution < 1.29 is 9.53 Å². The van der Waals surface area contributed by atoms with E-state index in [-0.39, 0.29) is 11.7 Å². The summed E-state index contributed by atoms with van der Waals surface area (Å²) in [6, 6.07) is 0.898. The van der Waals surface area contributed by atoms with Crippen LogP contribution in [0.2, 0.25) is 0 Å². The molecular formula is C16H32N2O2. The minimum Gasteiger partial charge on any atom is -0.444 e. The van der Waals surface area contributed by atoms with Crippen LogP contribution in [0.3, 0.4) is 0 Å². The van der Waals surface area contributed by atoms with Gasteiger partial charge in [-0.3, -0.25) is 0 Å². The molecule has 1 N–H and O–H groups in total. The van der Waals surface area contributed by atoms with Crippen LogP contribution in [0.4, 0.5) is 4.79 Å². The van der Waals surface area contributed by atoms with Crippen molar-refractivity contribution in [3.8, 4) is 0 Å². The molecule has 20 heavy (non-hydrogen) atoms. The molecule has 4 nitrogen and oxygen atoms in total. The number of likely N-dealkylation sites (tertiary alicyclic amines) is 1. The molecule has 0 aromatic rings. The molecule has 1 saturated carbocycles. The summed E-state index contributed by atoms with van der Waals surface area (Å²) in [6.07, 6.45) is 4.98. The third-order valence-electron chi connectivity index (χ3n) is 3.38. The Labute approximate surface area is 124 Å². The smallest absolute Gasteiger partial charge is 0.410 e. The first kappa shape index (κ1) is 17.3. The van der Waals surface area contributed by atoms with E-state index in [1.54, 1.807) is 0 Å². The summed E-state index contributed by atoms with van der Waals surface area (Å²) in [5.41, 5.74) is -0.377. The van der Waals surface area contributed by atoms with Crippen molar-refractivity contribution in [3.05, 3.63) is 0 Å². The lowest BCUT2D eigenvalue weighted by molar-refractivity contribution is 0.0174. The molecule has 1 saturated heterocycles. The molecule has 0 radical (unpaired) electrons. The van der Waals surface area contributed by atoms with Crippen LogP contribution in [0.15, 0.2) is 0 Å². The van der Waals surface area contributed by atoms with Gasteiger partial charge in [0.05, 0.1) is 0 Å². The lowest BCUT2D eigenvalue weighted by Gasteiger charge is -2.32. The number of ether oxygens (including phenoxy) is 1. The molecular weight excluding hydrogens is 252 g/mol. The van der Waals surface area contributed by atoms with Gasteiger partial charge in [0, 0.05) is 19.1 Å². The summed E-state index contributed by atoms with van der Waals surface area (Å²) in [6.45, 7) is 12.9. The van der Waals surface area contributed by atoms with E-state index in [0.29, 0.717) is 5.92 Å². The molecule has 1 aliphatic heterocycles. The van der Waals surface area contributed by atoms with Gasteiger partial charge in [0.15, 0.2) is 0 Å². The van der Waals surface area contributed by atoms with Gasteiger partial charge in [0.2, 0.25) is 0 Å². The first-order valence-corrected chi connectivity index (χ1v) is 8.03. The van der Waals surface area contributed by atoms with Crippen LogP contribution in [-0.4, -0.2) is 42.3 Å². The second-order valence-corrected chi connectivity index (χ2v) is 7.01. The minimum absolute atomic E-state index is 0.163. The van der Waals surface area contributed by atoms with Crippen molar-refractivity contribution in [1.82, 2.24) is 10.2 Å². The van der Waals surface area contributed by atoms with Crippen LogP contribution in [0.25, 0.3) is 0 Å². The molecule has 1 aliphatic carbocycles. The van der Waals surface area contributed by atoms with E-state index in [1.165, 1.54) is 19.3 Å². The fraction of sp³-hybridized carbons (Fsp3) is 0.938. The third kappa shape index (κ3) is 7.73. The highest BCUT2D eigenvalue weighted by Gasteiger charge is 2.25. The highest BCUT2D eigenvalue weighted by molar-refractivity contribution is 5.68. The Morgan fingerprint density at radius 1 is 1.30 bits per heavy atom. The number of carbonyl (C=O) groups excluding carboxylic acids is 1. The third-order valence-corrected chi connectivity index (χ3v) is 3.38. The van der Waals surface area contributed by atoms with E-state index in [9.17, 15) is 4.79 Å². The number of hydrogen-bond donors (Lipinski definition) is 1. The molecule has 0 unspecified atom stereocenters. The Kier molecular flexibility index (Phi) is 6.80. The quantitative estimate of drug-likeness (QED) is 0.845. The molecule has 1 atom stereocenters. The zero-order valence-corrected chi connectivity index (χ0v) is 13.9. The van der Waals surface area contributed by atoms with Crippen LogP contribution < -0.4 is 5.32 Å². The van der Waals surface area contributed by atoms with E-state index in [2.05, 4.69) is 19.2 Å². The fourth-order valence-electron chi connectivity index (χ4n) is 2.26. The topological polar surface area (TPSA) is 41.6 Å². The Bertz CT molecular complexity index is 295. The van der Waals surface area contributed by atoms with Gasteiger partial charge >= 0.3 is 6.09 Å². The number of carbonyl (C=O) groups is 1. The lowest BCUT2D eigenvalue weighted by atomic mass is 10.0. The number of hydrogen-bond acceptors (Lipinski definition) is 3. The molecule has 4 heteroatoms. The lowest BCUT2D eigenvalue weighted by Crippen LogP contribution is -2.42. The van der Waals surface area contributed by atoms with Crippen molar-refractivity contribution >= 4 is 6.09 Å². The van der Waals surface area contributed by atoms with Crippen molar-refractivity contribution in [2.45, 2.75) is 71.9 Å². The number of nitrogens with one attached hydrogen (secondary N) is 1. The highest BCUT2D eigenvalue weighted by Crippen LogP contribution is 2.18. The van der Waals surface area contributed by atoms with Crippen molar-refractivity contribution in [1.29, 1.82) is 0 Å². The molecule has 2 aliphatic rings. The Balaban J connectivity index is 0.000000276. The summed E-state index contributed by atoms with van der Waals surface area (Å²) < 4.78 is 5.31. The van der Waals surface area contributed by atoms with Crippen LogP contribution in [-0.2, 0) is 4.74 Å². The number of rotatable bonds is 2. The average Bonchev–Trinajstić information content (AvgIpc) is 3.12. The summed E-state index contributed by atoms with van der Waals surface area (Å²) >= 11 is 0. The van der Waals surface area contributed by atoms with Crippen LogP contribution in [0.5, 0.6) is 0 Å². The van der Waals surface area contributed by atoms with E-state index in [0.717, 1.165) is 32.1 Å². The van der Waals surface area contributed by atoms with Crippen molar-refractivity contribution in [2.24, 2.45) is 5.92 Å². The maximum atomic E-state index is 11.7. The molecule has 0 aromatic carbocycles. The van der Waals surface area contributed by atoms with Gasteiger partial charge < -0.3 is 15.0 Å². The monoisotopic (exact) mass is 284 g/mol. The number of nitrogens with zero attached hydrogens (tertiary/aromatic N) is 1. The van der Waals surface area contributed by atoms with Gasteiger partial charge in [-0.2, -0.15) is 0 Å². The van der Waals surface area contributed by atoms with Gasteiger partial charge in [-0.1, -0.05) is 13.8 Å². The molecule has 0 bridgehead atoms. The number of amides is 1. The van der Waals surface area contributed by atoms with Gasteiger partial charge in [-0.25, -0.2) is 4.79 Å². The normalized spacial score (nSPS) is 22.9. The maximum absolute atomic E-state index is 11.7. The van der Waals surface area contributed by atoms with Crippen molar-refractivity contribution in [2.75, 3.05) is 19.6 Å². The van der Waals surface area contributed by atoms with Gasteiger partial charge in [-0.15, -0.1) is 0 Å². The summed E-state index contributed by atoms with van der Waals surface area (Å²) in [7, 11) is 0. The van der Waals surface area contributed by atoms with Crippen LogP contribution in [0.1, 0.15) is 60.3 Å². The summed E-state index contributed by atoms with van der Waals surface area (Å²) in [5.74, 6) is 0.608. The second kappa shape index (κ2) is 7.87. The predicted octanol–water partition coefficient (Wildman–Crippen LogP) is 3.41. The molecule has 0 aromatic heterocycles. The zero-order chi connectivity index (χ0) is 15.2. The Morgan fingerprint density at radius 2 is 1.95 bits per heavy atom. The van der Waals surface area contributed by atoms with Gasteiger partial charge in [0.25, 0.3) is 0 Å². The predicted molar refractivity (Wildman–Crippen MR) is 82.9 cm³/mol. The Hall–Kier alpha value is -0.770. The standard InChI is InChI=1S/C11H21NO2.C5H11N/c1-9-6-5-7-12(8-9)10(13)14-11(2,3)4;1-2-6-5-3-4-5/h9H,5-8H2,1-4H3;5-6H,2-4H2,1H3/t9-;/m1./s1. The second-order valence-electron chi connectivity index (χ2n) is 7.01. The van der Waals surface area contributed by atoms with E-state index in [1.807, 2.05) is 25.7 Å². The van der Waals surface area contributed by atoms with E-state index < -0.39 is 0 Å². The molecule has 118 valence electrons. The fourth-order valence-corrected chi connectivity index (χ4v) is 2.26. The maximum Gasteiger partial charge on any atom is 0.410 e. The average molecular weight is 284 g/mol. The zero-order valence-electron chi connectivity index (χ0n) is 13.9. The highest BCUT2D eigenvalue weighted by atomic mass is 16.6. The van der Waals surface area contributed by atoms with Crippen LogP contribution in [0, 0.1) is 5.92 Å². The Morgan fingerprint density at radius 3 is 2.35 bits per heavy atom. The largest absolute Gasteiger partial charge is 0.444 e. The SMILES string of the molecule is CCNC1CC1.C[C@@H]1CCCN(C(=O)OC(C)(C)C)C1. The molecule has 2 rings (SSSR count). The molecule has 1 heterocycles. The summed E-state index contributed by atoms with van der Waals surface area (Å²) in [4.78, 5) is 13.5. The molecule has 2 fully saturated rings. The van der Waals surface area contributed by atoms with E-state index in [4.69, 9.17) is 4.74 Å². The summed E-state index contributed by atoms with van der Waals surface area (Å²) in [5, 5.41) is 3.32. The molecule has 0 spiro atoms. The van der Waals surface area contributed by atoms with E-state index >= 15 is 0 Å².